The molecule has 0 unspecified atom stereocenters. The van der Waals surface area contributed by atoms with E-state index < -0.39 is 23.8 Å². The number of alkyl halides is 3. The summed E-state index contributed by atoms with van der Waals surface area (Å²) < 4.78 is 53.9. The summed E-state index contributed by atoms with van der Waals surface area (Å²) in [5.74, 6) is -0.874. The first-order valence-corrected chi connectivity index (χ1v) is 13.2. The number of pyridine rings is 1. The number of hydrogen-bond donors (Lipinski definition) is 1. The minimum absolute atomic E-state index is 0.00815. The molecule has 1 saturated carbocycles. The van der Waals surface area contributed by atoms with Crippen LogP contribution in [0.2, 0.25) is 0 Å². The Kier molecular flexibility index (Phi) is 7.76. The molecule has 1 aliphatic carbocycles. The molecule has 1 aliphatic heterocycles. The molecule has 2 fully saturated rings. The third kappa shape index (κ3) is 6.10. The quantitative estimate of drug-likeness (QED) is 0.427. The van der Waals surface area contributed by atoms with Crippen molar-refractivity contribution in [3.05, 3.63) is 35.3 Å². The van der Waals surface area contributed by atoms with E-state index in [0.29, 0.717) is 54.5 Å². The standard InChI is InChI=1S/C26H30F3N7O4/c1-15-20(40-17-7-5-6-16(12-17)24(37)38)9-8-18(30-15)23-19(35(2)34-33-23)14-39-22-13-21(26(27,28)29)31-25(32-22)36-10-3-4-11-36/h8-9,13,16-17H,3-7,10-12,14H2,1-2H3,(H,37,38)/t16-,17-/m0/s1. The summed E-state index contributed by atoms with van der Waals surface area (Å²) in [6, 6.07) is 4.26. The van der Waals surface area contributed by atoms with E-state index in [1.54, 1.807) is 31.0 Å². The van der Waals surface area contributed by atoms with Gasteiger partial charge in [0.25, 0.3) is 0 Å². The highest BCUT2D eigenvalue weighted by Gasteiger charge is 2.35. The number of halogens is 3. The second kappa shape index (κ2) is 11.3. The van der Waals surface area contributed by atoms with E-state index in [4.69, 9.17) is 9.47 Å². The number of carboxylic acid groups (broad SMARTS) is 1. The van der Waals surface area contributed by atoms with Crippen LogP contribution in [0.15, 0.2) is 18.2 Å². The Labute approximate surface area is 228 Å². The van der Waals surface area contributed by atoms with Crippen LogP contribution in [0.5, 0.6) is 11.6 Å². The third-order valence-corrected chi connectivity index (χ3v) is 7.22. The van der Waals surface area contributed by atoms with E-state index in [1.807, 2.05) is 0 Å². The first-order valence-electron chi connectivity index (χ1n) is 13.2. The van der Waals surface area contributed by atoms with Crippen LogP contribution in [-0.4, -0.2) is 60.2 Å². The SMILES string of the molecule is Cc1nc(-c2nnn(C)c2COc2cc(C(F)(F)F)nc(N3CCCC3)n2)ccc1O[C@H]1CCC[C@H](C(=O)O)C1. The number of aliphatic carboxylic acids is 1. The zero-order valence-electron chi connectivity index (χ0n) is 22.2. The Balaban J connectivity index is 1.33. The highest BCUT2D eigenvalue weighted by molar-refractivity contribution is 5.70. The Bertz CT molecular complexity index is 1370. The number of aryl methyl sites for hydroxylation is 2. The van der Waals surface area contributed by atoms with Crippen LogP contribution in [0.1, 0.15) is 55.6 Å². The summed E-state index contributed by atoms with van der Waals surface area (Å²) in [5.41, 5.74) is 0.911. The minimum atomic E-state index is -4.65. The molecule has 1 saturated heterocycles. The van der Waals surface area contributed by atoms with Gasteiger partial charge in [0.05, 0.1) is 23.4 Å². The average Bonchev–Trinajstić information content (AvgIpc) is 3.58. The Morgan fingerprint density at radius 2 is 1.90 bits per heavy atom. The minimum Gasteiger partial charge on any atom is -0.489 e. The van der Waals surface area contributed by atoms with Gasteiger partial charge in [-0.1, -0.05) is 5.21 Å². The van der Waals surface area contributed by atoms with Gasteiger partial charge in [0.15, 0.2) is 5.69 Å². The van der Waals surface area contributed by atoms with Crippen LogP contribution in [0.4, 0.5) is 19.1 Å². The van der Waals surface area contributed by atoms with Crippen molar-refractivity contribution in [1.82, 2.24) is 29.9 Å². The molecule has 3 aromatic rings. The molecule has 3 aromatic heterocycles. The van der Waals surface area contributed by atoms with Crippen molar-refractivity contribution in [2.75, 3.05) is 18.0 Å². The Hall–Kier alpha value is -3.97. The smallest absolute Gasteiger partial charge is 0.433 e. The normalized spacial score (nSPS) is 19.6. The van der Waals surface area contributed by atoms with E-state index in [2.05, 4.69) is 25.3 Å². The second-order valence-corrected chi connectivity index (χ2v) is 10.1. The molecule has 214 valence electrons. The van der Waals surface area contributed by atoms with Crippen LogP contribution in [0.25, 0.3) is 11.4 Å². The maximum absolute atomic E-state index is 13.5. The number of ether oxygens (including phenoxy) is 2. The largest absolute Gasteiger partial charge is 0.489 e. The van der Waals surface area contributed by atoms with Crippen LogP contribution < -0.4 is 14.4 Å². The van der Waals surface area contributed by atoms with Gasteiger partial charge in [0.1, 0.15) is 23.7 Å². The van der Waals surface area contributed by atoms with Crippen molar-refractivity contribution in [2.45, 2.75) is 64.3 Å². The second-order valence-electron chi connectivity index (χ2n) is 10.1. The molecule has 40 heavy (non-hydrogen) atoms. The molecule has 0 bridgehead atoms. The molecular formula is C26H30F3N7O4. The van der Waals surface area contributed by atoms with Crippen molar-refractivity contribution in [3.8, 4) is 23.0 Å². The number of carboxylic acids is 1. The predicted octanol–water partition coefficient (Wildman–Crippen LogP) is 4.20. The maximum Gasteiger partial charge on any atom is 0.433 e. The van der Waals surface area contributed by atoms with Crippen LogP contribution in [0, 0.1) is 12.8 Å². The number of anilines is 1. The zero-order valence-corrected chi connectivity index (χ0v) is 22.2. The molecular weight excluding hydrogens is 531 g/mol. The molecule has 14 heteroatoms. The van der Waals surface area contributed by atoms with E-state index >= 15 is 0 Å². The summed E-state index contributed by atoms with van der Waals surface area (Å²) in [6.07, 6.45) is -0.483. The first kappa shape index (κ1) is 27.6. The molecule has 4 heterocycles. The maximum atomic E-state index is 13.5. The highest BCUT2D eigenvalue weighted by Crippen LogP contribution is 2.33. The van der Waals surface area contributed by atoms with Gasteiger partial charge in [-0.25, -0.2) is 14.6 Å². The van der Waals surface area contributed by atoms with Gasteiger partial charge >= 0.3 is 12.1 Å². The summed E-state index contributed by atoms with van der Waals surface area (Å²) >= 11 is 0. The van der Waals surface area contributed by atoms with Gasteiger partial charge in [-0.2, -0.15) is 18.2 Å². The lowest BCUT2D eigenvalue weighted by molar-refractivity contribution is -0.144. The molecule has 0 amide bonds. The fraction of sp³-hybridized carbons (Fsp3) is 0.538. The topological polar surface area (TPSA) is 128 Å². The molecule has 0 spiro atoms. The monoisotopic (exact) mass is 561 g/mol. The molecule has 5 rings (SSSR count). The molecule has 2 atom stereocenters. The predicted molar refractivity (Wildman–Crippen MR) is 136 cm³/mol. The van der Waals surface area contributed by atoms with Gasteiger partial charge in [0, 0.05) is 26.2 Å². The highest BCUT2D eigenvalue weighted by atomic mass is 19.4. The lowest BCUT2D eigenvalue weighted by Gasteiger charge is -2.27. The number of nitrogens with zero attached hydrogens (tertiary/aromatic N) is 7. The van der Waals surface area contributed by atoms with E-state index in [1.165, 1.54) is 4.68 Å². The van der Waals surface area contributed by atoms with Gasteiger partial charge < -0.3 is 19.5 Å². The fourth-order valence-electron chi connectivity index (χ4n) is 5.03. The number of rotatable bonds is 8. The van der Waals surface area contributed by atoms with Gasteiger partial charge in [-0.15, -0.1) is 5.10 Å². The molecule has 0 radical (unpaired) electrons. The van der Waals surface area contributed by atoms with Crippen LogP contribution in [-0.2, 0) is 24.6 Å². The number of carbonyl (C=O) groups is 1. The van der Waals surface area contributed by atoms with Crippen LogP contribution >= 0.6 is 0 Å². The number of hydrogen-bond acceptors (Lipinski definition) is 9. The van der Waals surface area contributed by atoms with E-state index in [-0.39, 0.29) is 24.5 Å². The van der Waals surface area contributed by atoms with Crippen molar-refractivity contribution in [1.29, 1.82) is 0 Å². The van der Waals surface area contributed by atoms with Crippen molar-refractivity contribution < 1.29 is 32.5 Å². The Morgan fingerprint density at radius 1 is 1.12 bits per heavy atom. The van der Waals surface area contributed by atoms with Gasteiger partial charge in [0.2, 0.25) is 11.8 Å². The summed E-state index contributed by atoms with van der Waals surface area (Å²) in [4.78, 5) is 25.7. The van der Waals surface area contributed by atoms with E-state index in [9.17, 15) is 23.1 Å². The molecule has 1 N–H and O–H groups in total. The zero-order chi connectivity index (χ0) is 28.4. The Morgan fingerprint density at radius 3 is 2.60 bits per heavy atom. The molecule has 2 aliphatic rings. The van der Waals surface area contributed by atoms with Gasteiger partial charge in [-0.05, 0) is 57.6 Å². The molecule has 11 nitrogen and oxygen atoms in total. The number of aromatic nitrogens is 6. The summed E-state index contributed by atoms with van der Waals surface area (Å²) in [7, 11) is 1.65. The lowest BCUT2D eigenvalue weighted by Crippen LogP contribution is -2.29. The van der Waals surface area contributed by atoms with Gasteiger partial charge in [-0.3, -0.25) is 4.79 Å². The fourth-order valence-corrected chi connectivity index (χ4v) is 5.03. The van der Waals surface area contributed by atoms with Crippen molar-refractivity contribution in [2.24, 2.45) is 13.0 Å². The average molecular weight is 562 g/mol. The summed E-state index contributed by atoms with van der Waals surface area (Å²) in [6.45, 7) is 2.80. The van der Waals surface area contributed by atoms with Crippen LogP contribution in [0.3, 0.4) is 0 Å². The third-order valence-electron chi connectivity index (χ3n) is 7.22. The first-order chi connectivity index (χ1) is 19.1. The summed E-state index contributed by atoms with van der Waals surface area (Å²) in [5, 5.41) is 17.6. The van der Waals surface area contributed by atoms with Crippen molar-refractivity contribution >= 4 is 11.9 Å². The van der Waals surface area contributed by atoms with Crippen molar-refractivity contribution in [3.63, 3.8) is 0 Å². The lowest BCUT2D eigenvalue weighted by atomic mass is 9.87. The molecule has 0 aromatic carbocycles. The van der Waals surface area contributed by atoms with E-state index in [0.717, 1.165) is 31.7 Å².